The fourth-order valence-electron chi connectivity index (χ4n) is 2.16. The van der Waals surface area contributed by atoms with Crippen molar-refractivity contribution < 1.29 is 5.21 Å². The standard InChI is InChI=1S/C16H18ClN3O/c1-11-14(17)8-5-9-15(11)19-10-13(16(18)20-21)12-6-3-2-4-7-12/h2-9,13,19,21H,10H2,1H3,(H2,18,20). The number of nitrogens with one attached hydrogen (secondary N) is 1. The van der Waals surface area contributed by atoms with Crippen LogP contribution in [0.25, 0.3) is 0 Å². The van der Waals surface area contributed by atoms with Gasteiger partial charge in [0.25, 0.3) is 0 Å². The first-order valence-electron chi connectivity index (χ1n) is 6.65. The maximum absolute atomic E-state index is 8.98. The number of amidine groups is 1. The predicted octanol–water partition coefficient (Wildman–Crippen LogP) is 3.59. The maximum atomic E-state index is 8.98. The third kappa shape index (κ3) is 3.67. The van der Waals surface area contributed by atoms with E-state index < -0.39 is 0 Å². The van der Waals surface area contributed by atoms with Crippen LogP contribution in [0.1, 0.15) is 17.0 Å². The van der Waals surface area contributed by atoms with Gasteiger partial charge in [-0.15, -0.1) is 0 Å². The molecule has 0 spiro atoms. The van der Waals surface area contributed by atoms with Gasteiger partial charge in [-0.05, 0) is 30.2 Å². The van der Waals surface area contributed by atoms with Crippen LogP contribution >= 0.6 is 11.6 Å². The maximum Gasteiger partial charge on any atom is 0.148 e. The van der Waals surface area contributed by atoms with Crippen LogP contribution in [0.5, 0.6) is 0 Å². The summed E-state index contributed by atoms with van der Waals surface area (Å²) in [6, 6.07) is 15.4. The van der Waals surface area contributed by atoms with Gasteiger partial charge in [0, 0.05) is 17.3 Å². The monoisotopic (exact) mass is 303 g/mol. The molecule has 0 saturated carbocycles. The number of nitrogens with two attached hydrogens (primary N) is 1. The highest BCUT2D eigenvalue weighted by Crippen LogP contribution is 2.24. The topological polar surface area (TPSA) is 70.6 Å². The summed E-state index contributed by atoms with van der Waals surface area (Å²) in [5, 5.41) is 16.1. The van der Waals surface area contributed by atoms with Gasteiger partial charge in [0.2, 0.25) is 0 Å². The third-order valence-electron chi connectivity index (χ3n) is 3.44. The van der Waals surface area contributed by atoms with E-state index in [1.165, 1.54) is 0 Å². The minimum Gasteiger partial charge on any atom is -0.409 e. The van der Waals surface area contributed by atoms with Gasteiger partial charge in [0.1, 0.15) is 5.84 Å². The second-order valence-corrected chi connectivity index (χ2v) is 5.19. The van der Waals surface area contributed by atoms with Crippen LogP contribution < -0.4 is 11.1 Å². The van der Waals surface area contributed by atoms with E-state index in [-0.39, 0.29) is 11.8 Å². The predicted molar refractivity (Wildman–Crippen MR) is 87.3 cm³/mol. The van der Waals surface area contributed by atoms with Crippen LogP contribution in [-0.4, -0.2) is 17.6 Å². The Morgan fingerprint density at radius 3 is 2.62 bits per heavy atom. The van der Waals surface area contributed by atoms with Crippen LogP contribution in [0.4, 0.5) is 5.69 Å². The molecule has 2 aromatic carbocycles. The Hall–Kier alpha value is -2.20. The van der Waals surface area contributed by atoms with E-state index in [0.717, 1.165) is 16.8 Å². The highest BCUT2D eigenvalue weighted by atomic mass is 35.5. The molecular formula is C16H18ClN3O. The smallest absolute Gasteiger partial charge is 0.148 e. The zero-order chi connectivity index (χ0) is 15.2. The summed E-state index contributed by atoms with van der Waals surface area (Å²) in [4.78, 5) is 0. The number of oxime groups is 1. The molecule has 0 aliphatic heterocycles. The third-order valence-corrected chi connectivity index (χ3v) is 3.85. The van der Waals surface area contributed by atoms with Crippen molar-refractivity contribution in [2.75, 3.05) is 11.9 Å². The van der Waals surface area contributed by atoms with Crippen molar-refractivity contribution in [1.82, 2.24) is 0 Å². The molecule has 2 aromatic rings. The van der Waals surface area contributed by atoms with E-state index >= 15 is 0 Å². The number of halogens is 1. The Bertz CT molecular complexity index is 629. The Balaban J connectivity index is 2.19. The molecular weight excluding hydrogens is 286 g/mol. The van der Waals surface area contributed by atoms with Gasteiger partial charge in [-0.3, -0.25) is 0 Å². The lowest BCUT2D eigenvalue weighted by molar-refractivity contribution is 0.316. The Morgan fingerprint density at radius 1 is 1.24 bits per heavy atom. The molecule has 1 unspecified atom stereocenters. The van der Waals surface area contributed by atoms with Gasteiger partial charge in [0.15, 0.2) is 0 Å². The molecule has 0 aliphatic carbocycles. The second-order valence-electron chi connectivity index (χ2n) is 4.78. The van der Waals surface area contributed by atoms with Crippen LogP contribution in [-0.2, 0) is 0 Å². The lowest BCUT2D eigenvalue weighted by Crippen LogP contribution is -2.28. The lowest BCUT2D eigenvalue weighted by Gasteiger charge is -2.18. The zero-order valence-corrected chi connectivity index (χ0v) is 12.5. The quantitative estimate of drug-likeness (QED) is 0.342. The summed E-state index contributed by atoms with van der Waals surface area (Å²) in [5.41, 5.74) is 8.72. The van der Waals surface area contributed by atoms with Crippen molar-refractivity contribution in [2.45, 2.75) is 12.8 Å². The lowest BCUT2D eigenvalue weighted by atomic mass is 9.98. The number of anilines is 1. The van der Waals surface area contributed by atoms with Crippen molar-refractivity contribution in [3.8, 4) is 0 Å². The molecule has 4 N–H and O–H groups in total. The molecule has 0 saturated heterocycles. The molecule has 0 amide bonds. The molecule has 0 aliphatic rings. The van der Waals surface area contributed by atoms with Crippen molar-refractivity contribution in [3.63, 3.8) is 0 Å². The minimum atomic E-state index is -0.213. The first kappa shape index (κ1) is 15.2. The molecule has 2 rings (SSSR count). The molecule has 110 valence electrons. The van der Waals surface area contributed by atoms with Crippen molar-refractivity contribution in [2.24, 2.45) is 10.9 Å². The number of hydrogen-bond donors (Lipinski definition) is 3. The summed E-state index contributed by atoms with van der Waals surface area (Å²) in [5.74, 6) is -0.0389. The van der Waals surface area contributed by atoms with Gasteiger partial charge >= 0.3 is 0 Å². The number of rotatable bonds is 5. The number of hydrogen-bond acceptors (Lipinski definition) is 3. The average Bonchev–Trinajstić information content (AvgIpc) is 2.52. The molecule has 0 fully saturated rings. The Kier molecular flexibility index (Phi) is 5.06. The Morgan fingerprint density at radius 2 is 1.95 bits per heavy atom. The van der Waals surface area contributed by atoms with Crippen molar-refractivity contribution in [3.05, 3.63) is 64.7 Å². The molecule has 0 aromatic heterocycles. The SMILES string of the molecule is Cc1c(Cl)cccc1NCC(C(N)=NO)c1ccccc1. The van der Waals surface area contributed by atoms with Crippen molar-refractivity contribution in [1.29, 1.82) is 0 Å². The van der Waals surface area contributed by atoms with E-state index in [9.17, 15) is 0 Å². The van der Waals surface area contributed by atoms with E-state index in [1.54, 1.807) is 0 Å². The molecule has 0 radical (unpaired) electrons. The molecule has 5 heteroatoms. The summed E-state index contributed by atoms with van der Waals surface area (Å²) in [6.45, 7) is 2.47. The van der Waals surface area contributed by atoms with Gasteiger partial charge < -0.3 is 16.3 Å². The van der Waals surface area contributed by atoms with Gasteiger partial charge in [-0.1, -0.05) is 53.2 Å². The normalized spacial score (nSPS) is 13.0. The van der Waals surface area contributed by atoms with Crippen LogP contribution in [0.2, 0.25) is 5.02 Å². The first-order chi connectivity index (χ1) is 10.1. The van der Waals surface area contributed by atoms with Crippen LogP contribution in [0, 0.1) is 6.92 Å². The molecule has 0 heterocycles. The van der Waals surface area contributed by atoms with Crippen LogP contribution in [0.3, 0.4) is 0 Å². The fourth-order valence-corrected chi connectivity index (χ4v) is 2.33. The van der Waals surface area contributed by atoms with E-state index in [2.05, 4.69) is 10.5 Å². The summed E-state index contributed by atoms with van der Waals surface area (Å²) >= 11 is 6.11. The number of benzene rings is 2. The zero-order valence-electron chi connectivity index (χ0n) is 11.8. The summed E-state index contributed by atoms with van der Waals surface area (Å²) in [6.07, 6.45) is 0. The average molecular weight is 304 g/mol. The van der Waals surface area contributed by atoms with Crippen LogP contribution in [0.15, 0.2) is 53.7 Å². The first-order valence-corrected chi connectivity index (χ1v) is 7.02. The second kappa shape index (κ2) is 6.99. The molecule has 4 nitrogen and oxygen atoms in total. The van der Waals surface area contributed by atoms with E-state index in [0.29, 0.717) is 11.6 Å². The largest absolute Gasteiger partial charge is 0.409 e. The van der Waals surface area contributed by atoms with E-state index in [4.69, 9.17) is 22.5 Å². The Labute approximate surface area is 129 Å². The summed E-state index contributed by atoms with van der Waals surface area (Å²) < 4.78 is 0. The summed E-state index contributed by atoms with van der Waals surface area (Å²) in [7, 11) is 0. The van der Waals surface area contributed by atoms with Gasteiger partial charge in [0.05, 0.1) is 5.92 Å². The molecule has 21 heavy (non-hydrogen) atoms. The van der Waals surface area contributed by atoms with Gasteiger partial charge in [-0.25, -0.2) is 0 Å². The fraction of sp³-hybridized carbons (Fsp3) is 0.188. The highest BCUT2D eigenvalue weighted by Gasteiger charge is 2.16. The van der Waals surface area contributed by atoms with Crippen molar-refractivity contribution >= 4 is 23.1 Å². The van der Waals surface area contributed by atoms with E-state index in [1.807, 2.05) is 55.5 Å². The molecule has 1 atom stereocenters. The van der Waals surface area contributed by atoms with Gasteiger partial charge in [-0.2, -0.15) is 0 Å². The molecule has 0 bridgehead atoms. The number of nitrogens with zero attached hydrogens (tertiary/aromatic N) is 1. The highest BCUT2D eigenvalue weighted by molar-refractivity contribution is 6.31. The minimum absolute atomic E-state index is 0.174.